The van der Waals surface area contributed by atoms with Crippen LogP contribution in [0.5, 0.6) is 0 Å². The zero-order valence-corrected chi connectivity index (χ0v) is 14.6. The number of piperidine rings is 1. The summed E-state index contributed by atoms with van der Waals surface area (Å²) < 4.78 is 5.77. The van der Waals surface area contributed by atoms with Gasteiger partial charge in [-0.3, -0.25) is 4.79 Å². The second-order valence-electron chi connectivity index (χ2n) is 6.29. The van der Waals surface area contributed by atoms with E-state index in [0.29, 0.717) is 17.1 Å². The highest BCUT2D eigenvalue weighted by Gasteiger charge is 2.40. The van der Waals surface area contributed by atoms with Crippen molar-refractivity contribution in [2.24, 2.45) is 0 Å². The van der Waals surface area contributed by atoms with Gasteiger partial charge in [0.1, 0.15) is 11.4 Å². The van der Waals surface area contributed by atoms with E-state index in [0.717, 1.165) is 17.7 Å². The molecule has 1 aromatic carbocycles. The molecule has 22 heavy (non-hydrogen) atoms. The maximum absolute atomic E-state index is 12.3. The summed E-state index contributed by atoms with van der Waals surface area (Å²) in [7, 11) is 2.19. The summed E-state index contributed by atoms with van der Waals surface area (Å²) in [5, 5.41) is 0.514. The minimum Gasteiger partial charge on any atom is -0.461 e. The quantitative estimate of drug-likeness (QED) is 0.613. The maximum atomic E-state index is 12.3. The summed E-state index contributed by atoms with van der Waals surface area (Å²) in [4.78, 5) is 15.8. The molecule has 2 unspecified atom stereocenters. The molecule has 2 aliphatic heterocycles. The number of halogens is 1. The van der Waals surface area contributed by atoms with Gasteiger partial charge in [-0.15, -0.1) is 11.8 Å². The molecule has 3 nitrogen and oxygen atoms in total. The van der Waals surface area contributed by atoms with Crippen LogP contribution < -0.4 is 0 Å². The minimum atomic E-state index is -0.196. The first-order valence-electron chi connectivity index (χ1n) is 7.87. The monoisotopic (exact) mass is 339 g/mol. The number of nitrogens with zero attached hydrogens (tertiary/aromatic N) is 1. The zero-order chi connectivity index (χ0) is 15.7. The van der Waals surface area contributed by atoms with Gasteiger partial charge in [-0.1, -0.05) is 11.6 Å². The number of fused-ring (bicyclic) bond motifs is 2. The van der Waals surface area contributed by atoms with Crippen LogP contribution in [-0.2, 0) is 9.53 Å². The Balaban J connectivity index is 1.52. The predicted octanol–water partition coefficient (Wildman–Crippen LogP) is 3.99. The molecule has 0 aromatic heterocycles. The van der Waals surface area contributed by atoms with Crippen LogP contribution in [0, 0.1) is 0 Å². The Morgan fingerprint density at radius 1 is 1.27 bits per heavy atom. The van der Waals surface area contributed by atoms with Crippen molar-refractivity contribution in [1.29, 1.82) is 0 Å². The van der Waals surface area contributed by atoms with Gasteiger partial charge in [-0.25, -0.2) is 0 Å². The predicted molar refractivity (Wildman–Crippen MR) is 90.5 cm³/mol. The average molecular weight is 340 g/mol. The van der Waals surface area contributed by atoms with Gasteiger partial charge in [0.05, 0.1) is 0 Å². The van der Waals surface area contributed by atoms with E-state index < -0.39 is 0 Å². The van der Waals surface area contributed by atoms with Crippen molar-refractivity contribution in [3.05, 3.63) is 29.3 Å². The number of hydrogen-bond acceptors (Lipinski definition) is 4. The van der Waals surface area contributed by atoms with Crippen molar-refractivity contribution >= 4 is 29.3 Å². The van der Waals surface area contributed by atoms with E-state index in [-0.39, 0.29) is 17.3 Å². The van der Waals surface area contributed by atoms with Crippen molar-refractivity contribution in [2.75, 3.05) is 7.05 Å². The highest BCUT2D eigenvalue weighted by atomic mass is 35.5. The first-order chi connectivity index (χ1) is 10.5. The van der Waals surface area contributed by atoms with E-state index in [1.54, 1.807) is 0 Å². The molecule has 1 aromatic rings. The normalized spacial score (nSPS) is 29.3. The molecule has 120 valence electrons. The zero-order valence-electron chi connectivity index (χ0n) is 13.0. The summed E-state index contributed by atoms with van der Waals surface area (Å²) in [6.07, 6.45) is 4.54. The lowest BCUT2D eigenvalue weighted by atomic mass is 10.0. The van der Waals surface area contributed by atoms with Gasteiger partial charge in [0.2, 0.25) is 0 Å². The van der Waals surface area contributed by atoms with Gasteiger partial charge < -0.3 is 9.64 Å². The fourth-order valence-electron chi connectivity index (χ4n) is 3.48. The van der Waals surface area contributed by atoms with Crippen LogP contribution in [0.3, 0.4) is 0 Å². The van der Waals surface area contributed by atoms with Crippen molar-refractivity contribution in [3.63, 3.8) is 0 Å². The van der Waals surface area contributed by atoms with Crippen LogP contribution in [0.25, 0.3) is 0 Å². The van der Waals surface area contributed by atoms with E-state index in [1.165, 1.54) is 24.6 Å². The molecule has 0 radical (unpaired) electrons. The van der Waals surface area contributed by atoms with E-state index in [1.807, 2.05) is 31.2 Å². The molecule has 2 saturated heterocycles. The first kappa shape index (κ1) is 16.2. The lowest BCUT2D eigenvalue weighted by Crippen LogP contribution is -2.44. The van der Waals surface area contributed by atoms with Gasteiger partial charge in [0, 0.05) is 22.0 Å². The Bertz CT molecular complexity index is 522. The van der Waals surface area contributed by atoms with Crippen molar-refractivity contribution < 1.29 is 9.53 Å². The van der Waals surface area contributed by atoms with E-state index in [2.05, 4.69) is 11.9 Å². The standard InChI is InChI=1S/C17H22ClNO2S/c1-11(22-16-7-3-12(18)4-8-16)17(20)21-15-9-13-5-6-14(10-15)19(13)2/h3-4,7-8,11,13-15H,5-6,9-10H2,1-2H3/t11-,13?,14?,15?/m0/s1. The van der Waals surface area contributed by atoms with E-state index >= 15 is 0 Å². The largest absolute Gasteiger partial charge is 0.461 e. The van der Waals surface area contributed by atoms with Crippen LogP contribution in [0.15, 0.2) is 29.2 Å². The number of benzene rings is 1. The fourth-order valence-corrected chi connectivity index (χ4v) is 4.46. The number of rotatable bonds is 4. The number of carbonyl (C=O) groups excluding carboxylic acids is 1. The van der Waals surface area contributed by atoms with Crippen LogP contribution in [0.1, 0.15) is 32.6 Å². The summed E-state index contributed by atoms with van der Waals surface area (Å²) in [6.45, 7) is 1.91. The Hall–Kier alpha value is -0.710. The SMILES string of the molecule is C[C@H](Sc1ccc(Cl)cc1)C(=O)OC1CC2CCC(C1)N2C. The lowest BCUT2D eigenvalue weighted by molar-refractivity contribution is -0.151. The van der Waals surface area contributed by atoms with Crippen LogP contribution >= 0.6 is 23.4 Å². The topological polar surface area (TPSA) is 29.5 Å². The fraction of sp³-hybridized carbons (Fsp3) is 0.588. The summed E-state index contributed by atoms with van der Waals surface area (Å²) >= 11 is 7.40. The van der Waals surface area contributed by atoms with Crippen molar-refractivity contribution in [3.8, 4) is 0 Å². The van der Waals surface area contributed by atoms with Crippen LogP contribution in [-0.4, -0.2) is 41.4 Å². The van der Waals surface area contributed by atoms with Gasteiger partial charge in [-0.05, 0) is 63.9 Å². The van der Waals surface area contributed by atoms with E-state index in [9.17, 15) is 4.79 Å². The minimum absolute atomic E-state index is 0.0921. The number of carbonyl (C=O) groups is 1. The molecular formula is C17H22ClNO2S. The lowest BCUT2D eigenvalue weighted by Gasteiger charge is -2.36. The number of ether oxygens (including phenoxy) is 1. The molecule has 0 spiro atoms. The van der Waals surface area contributed by atoms with Gasteiger partial charge in [0.15, 0.2) is 0 Å². The molecule has 3 rings (SSSR count). The van der Waals surface area contributed by atoms with E-state index in [4.69, 9.17) is 16.3 Å². The molecule has 5 heteroatoms. The van der Waals surface area contributed by atoms with Gasteiger partial charge >= 0.3 is 5.97 Å². The Kier molecular flexibility index (Phi) is 5.00. The van der Waals surface area contributed by atoms with Crippen LogP contribution in [0.4, 0.5) is 0 Å². The summed E-state index contributed by atoms with van der Waals surface area (Å²) in [5.74, 6) is -0.103. The molecular weight excluding hydrogens is 318 g/mol. The average Bonchev–Trinajstić information content (AvgIpc) is 2.72. The molecule has 3 atom stereocenters. The molecule has 2 heterocycles. The summed E-state index contributed by atoms with van der Waals surface area (Å²) in [5.41, 5.74) is 0. The third-order valence-electron chi connectivity index (χ3n) is 4.80. The molecule has 2 fully saturated rings. The van der Waals surface area contributed by atoms with Crippen LogP contribution in [0.2, 0.25) is 5.02 Å². The molecule has 0 N–H and O–H groups in total. The second kappa shape index (κ2) is 6.81. The third kappa shape index (κ3) is 3.61. The first-order valence-corrected chi connectivity index (χ1v) is 9.13. The smallest absolute Gasteiger partial charge is 0.319 e. The molecule has 2 aliphatic rings. The number of hydrogen-bond donors (Lipinski definition) is 0. The molecule has 0 amide bonds. The Morgan fingerprint density at radius 2 is 1.86 bits per heavy atom. The highest BCUT2D eigenvalue weighted by molar-refractivity contribution is 8.00. The summed E-state index contributed by atoms with van der Waals surface area (Å²) in [6, 6.07) is 8.75. The van der Waals surface area contributed by atoms with Gasteiger partial charge in [0.25, 0.3) is 0 Å². The molecule has 0 aliphatic carbocycles. The molecule has 2 bridgehead atoms. The van der Waals surface area contributed by atoms with Crippen molar-refractivity contribution in [1.82, 2.24) is 4.90 Å². The third-order valence-corrected chi connectivity index (χ3v) is 6.14. The highest BCUT2D eigenvalue weighted by Crippen LogP contribution is 2.36. The maximum Gasteiger partial charge on any atom is 0.319 e. The Labute approximate surface area is 141 Å². The molecule has 0 saturated carbocycles. The Morgan fingerprint density at radius 3 is 2.45 bits per heavy atom. The van der Waals surface area contributed by atoms with Gasteiger partial charge in [-0.2, -0.15) is 0 Å². The van der Waals surface area contributed by atoms with Crippen molar-refractivity contribution in [2.45, 2.75) is 60.9 Å². The number of thioether (sulfide) groups is 1. The number of esters is 1. The second-order valence-corrected chi connectivity index (χ2v) is 8.15.